The second-order valence-corrected chi connectivity index (χ2v) is 4.87. The lowest BCUT2D eigenvalue weighted by Gasteiger charge is -2.07. The Balaban J connectivity index is 2.94. The molecule has 0 aliphatic rings. The summed E-state index contributed by atoms with van der Waals surface area (Å²) in [6.45, 7) is 1.50. The summed E-state index contributed by atoms with van der Waals surface area (Å²) in [4.78, 5) is 0. The second kappa shape index (κ2) is 4.48. The molecule has 0 spiro atoms. The second-order valence-electron chi connectivity index (χ2n) is 2.85. The molecule has 0 amide bonds. The maximum absolute atomic E-state index is 13.2. The van der Waals surface area contributed by atoms with Gasteiger partial charge < -0.3 is 4.74 Å². The van der Waals surface area contributed by atoms with Gasteiger partial charge in [-0.25, -0.2) is 12.8 Å². The van der Waals surface area contributed by atoms with Crippen LogP contribution < -0.4 is 9.46 Å². The van der Waals surface area contributed by atoms with Gasteiger partial charge in [-0.1, -0.05) is 0 Å². The smallest absolute Gasteiger partial charge is 0.232 e. The molecule has 84 valence electrons. The number of rotatable bonds is 4. The van der Waals surface area contributed by atoms with Crippen LogP contribution in [0.4, 0.5) is 10.1 Å². The Bertz CT molecular complexity index is 445. The number of methoxy groups -OCH3 is 1. The summed E-state index contributed by atoms with van der Waals surface area (Å²) in [5.41, 5.74) is 0.190. The third-order valence-corrected chi connectivity index (χ3v) is 3.11. The molecule has 0 aromatic heterocycles. The Morgan fingerprint density at radius 1 is 1.47 bits per heavy atom. The van der Waals surface area contributed by atoms with Crippen molar-refractivity contribution in [2.45, 2.75) is 6.92 Å². The Hall–Kier alpha value is -1.30. The van der Waals surface area contributed by atoms with Gasteiger partial charge >= 0.3 is 0 Å². The molecule has 0 heterocycles. The molecule has 0 unspecified atom stereocenters. The van der Waals surface area contributed by atoms with Crippen LogP contribution in [0.3, 0.4) is 0 Å². The van der Waals surface area contributed by atoms with Crippen LogP contribution >= 0.6 is 0 Å². The highest BCUT2D eigenvalue weighted by molar-refractivity contribution is 7.92. The van der Waals surface area contributed by atoms with E-state index in [2.05, 4.69) is 4.72 Å². The summed E-state index contributed by atoms with van der Waals surface area (Å²) < 4.78 is 42.5. The topological polar surface area (TPSA) is 55.4 Å². The van der Waals surface area contributed by atoms with Gasteiger partial charge in [-0.05, 0) is 19.1 Å². The first-order valence-corrected chi connectivity index (χ1v) is 5.97. The molecule has 0 aliphatic carbocycles. The zero-order chi connectivity index (χ0) is 11.5. The quantitative estimate of drug-likeness (QED) is 0.859. The van der Waals surface area contributed by atoms with Crippen LogP contribution in [0.5, 0.6) is 5.75 Å². The SMILES string of the molecule is CCS(=O)(=O)Nc1ccc(OC)c(F)c1. The van der Waals surface area contributed by atoms with Gasteiger partial charge in [-0.3, -0.25) is 4.72 Å². The molecule has 0 fully saturated rings. The van der Waals surface area contributed by atoms with Crippen molar-refractivity contribution in [1.29, 1.82) is 0 Å². The summed E-state index contributed by atoms with van der Waals surface area (Å²) in [5, 5.41) is 0. The van der Waals surface area contributed by atoms with Crippen molar-refractivity contribution in [3.05, 3.63) is 24.0 Å². The molecule has 0 bridgehead atoms. The summed E-state index contributed by atoms with van der Waals surface area (Å²) in [6, 6.07) is 3.88. The van der Waals surface area contributed by atoms with E-state index in [1.807, 2.05) is 0 Å². The van der Waals surface area contributed by atoms with Gasteiger partial charge in [0.15, 0.2) is 11.6 Å². The van der Waals surface area contributed by atoms with Gasteiger partial charge in [0.2, 0.25) is 10.0 Å². The molecule has 0 atom stereocenters. The maximum atomic E-state index is 13.2. The van der Waals surface area contributed by atoms with Crippen LogP contribution in [-0.2, 0) is 10.0 Å². The fourth-order valence-electron chi connectivity index (χ4n) is 0.982. The first kappa shape index (κ1) is 11.8. The van der Waals surface area contributed by atoms with Crippen LogP contribution in [0.25, 0.3) is 0 Å². The first-order chi connectivity index (χ1) is 6.98. The molecular weight excluding hydrogens is 221 g/mol. The van der Waals surface area contributed by atoms with E-state index in [-0.39, 0.29) is 17.2 Å². The van der Waals surface area contributed by atoms with E-state index in [1.165, 1.54) is 26.2 Å². The van der Waals surface area contributed by atoms with E-state index in [0.717, 1.165) is 6.07 Å². The molecule has 15 heavy (non-hydrogen) atoms. The Labute approximate surface area is 88.1 Å². The maximum Gasteiger partial charge on any atom is 0.232 e. The summed E-state index contributed by atoms with van der Waals surface area (Å²) in [6.07, 6.45) is 0. The predicted octanol–water partition coefficient (Wildman–Crippen LogP) is 1.60. The molecule has 0 radical (unpaired) electrons. The summed E-state index contributed by atoms with van der Waals surface area (Å²) in [7, 11) is -2.02. The molecular formula is C9H12FNO3S. The van der Waals surface area contributed by atoms with Gasteiger partial charge in [0.1, 0.15) is 0 Å². The monoisotopic (exact) mass is 233 g/mol. The molecule has 1 rings (SSSR count). The molecule has 0 aliphatic heterocycles. The highest BCUT2D eigenvalue weighted by Crippen LogP contribution is 2.21. The molecule has 4 nitrogen and oxygen atoms in total. The van der Waals surface area contributed by atoms with Crippen molar-refractivity contribution >= 4 is 15.7 Å². The minimum Gasteiger partial charge on any atom is -0.494 e. The molecule has 1 aromatic carbocycles. The van der Waals surface area contributed by atoms with E-state index in [0.29, 0.717) is 0 Å². The van der Waals surface area contributed by atoms with Crippen LogP contribution in [-0.4, -0.2) is 21.3 Å². The number of hydrogen-bond acceptors (Lipinski definition) is 3. The van der Waals surface area contributed by atoms with Crippen molar-refractivity contribution in [2.75, 3.05) is 17.6 Å². The number of halogens is 1. The van der Waals surface area contributed by atoms with Crippen LogP contribution in [0.1, 0.15) is 6.92 Å². The van der Waals surface area contributed by atoms with Gasteiger partial charge in [-0.2, -0.15) is 0 Å². The average molecular weight is 233 g/mol. The summed E-state index contributed by atoms with van der Waals surface area (Å²) >= 11 is 0. The average Bonchev–Trinajstić information content (AvgIpc) is 2.17. The number of benzene rings is 1. The van der Waals surface area contributed by atoms with Gasteiger partial charge in [0.05, 0.1) is 18.6 Å². The van der Waals surface area contributed by atoms with Crippen LogP contribution in [0, 0.1) is 5.82 Å². The van der Waals surface area contributed by atoms with E-state index in [9.17, 15) is 12.8 Å². The number of ether oxygens (including phenoxy) is 1. The Morgan fingerprint density at radius 2 is 2.13 bits per heavy atom. The Morgan fingerprint density at radius 3 is 2.60 bits per heavy atom. The highest BCUT2D eigenvalue weighted by Gasteiger charge is 2.09. The number of nitrogens with one attached hydrogen (secondary N) is 1. The van der Waals surface area contributed by atoms with Crippen molar-refractivity contribution < 1.29 is 17.5 Å². The lowest BCUT2D eigenvalue weighted by Crippen LogP contribution is -2.14. The fourth-order valence-corrected chi connectivity index (χ4v) is 1.61. The van der Waals surface area contributed by atoms with Gasteiger partial charge in [0.25, 0.3) is 0 Å². The van der Waals surface area contributed by atoms with E-state index in [4.69, 9.17) is 4.74 Å². The van der Waals surface area contributed by atoms with E-state index in [1.54, 1.807) is 0 Å². The zero-order valence-corrected chi connectivity index (χ0v) is 9.27. The zero-order valence-electron chi connectivity index (χ0n) is 8.45. The molecule has 6 heteroatoms. The van der Waals surface area contributed by atoms with Crippen molar-refractivity contribution in [3.63, 3.8) is 0 Å². The summed E-state index contributed by atoms with van der Waals surface area (Å²) in [5.74, 6) is -0.580. The standard InChI is InChI=1S/C9H12FNO3S/c1-3-15(12,13)11-7-4-5-9(14-2)8(10)6-7/h4-6,11H,3H2,1-2H3. The number of sulfonamides is 1. The molecule has 0 saturated heterocycles. The van der Waals surface area contributed by atoms with Gasteiger partial charge in [-0.15, -0.1) is 0 Å². The molecule has 1 aromatic rings. The lowest BCUT2D eigenvalue weighted by atomic mass is 10.3. The third kappa shape index (κ3) is 3.09. The van der Waals surface area contributed by atoms with E-state index < -0.39 is 15.8 Å². The van der Waals surface area contributed by atoms with Crippen LogP contribution in [0.15, 0.2) is 18.2 Å². The molecule has 0 saturated carbocycles. The number of anilines is 1. The fraction of sp³-hybridized carbons (Fsp3) is 0.333. The minimum atomic E-state index is -3.37. The highest BCUT2D eigenvalue weighted by atomic mass is 32.2. The van der Waals surface area contributed by atoms with Crippen LogP contribution in [0.2, 0.25) is 0 Å². The lowest BCUT2D eigenvalue weighted by molar-refractivity contribution is 0.386. The largest absolute Gasteiger partial charge is 0.494 e. The van der Waals surface area contributed by atoms with Crippen molar-refractivity contribution in [1.82, 2.24) is 0 Å². The first-order valence-electron chi connectivity index (χ1n) is 4.32. The normalized spacial score (nSPS) is 11.1. The minimum absolute atomic E-state index is 0.0549. The third-order valence-electron chi connectivity index (χ3n) is 1.81. The van der Waals surface area contributed by atoms with Crippen molar-refractivity contribution in [2.24, 2.45) is 0 Å². The Kier molecular flexibility index (Phi) is 3.52. The van der Waals surface area contributed by atoms with Gasteiger partial charge in [0, 0.05) is 6.07 Å². The predicted molar refractivity (Wildman–Crippen MR) is 56.0 cm³/mol. The molecule has 1 N–H and O–H groups in total. The van der Waals surface area contributed by atoms with Crippen molar-refractivity contribution in [3.8, 4) is 5.75 Å². The van der Waals surface area contributed by atoms with E-state index >= 15 is 0 Å². The number of hydrogen-bond donors (Lipinski definition) is 1.